The van der Waals surface area contributed by atoms with Gasteiger partial charge in [-0.25, -0.2) is 4.39 Å². The van der Waals surface area contributed by atoms with Crippen molar-refractivity contribution in [2.75, 3.05) is 7.05 Å². The molecule has 1 heterocycles. The topological polar surface area (TPSA) is 49.4 Å². The molecule has 5 rings (SSSR count). The van der Waals surface area contributed by atoms with Crippen molar-refractivity contribution in [2.45, 2.75) is 50.7 Å². The van der Waals surface area contributed by atoms with Gasteiger partial charge in [0.25, 0.3) is 5.91 Å². The maximum atomic E-state index is 15.2. The molecule has 0 radical (unpaired) electrons. The molecule has 0 saturated heterocycles. The van der Waals surface area contributed by atoms with Crippen LogP contribution in [0, 0.1) is 5.82 Å². The second-order valence-corrected chi connectivity index (χ2v) is 11.3. The van der Waals surface area contributed by atoms with E-state index in [9.17, 15) is 9.59 Å². The highest BCUT2D eigenvalue weighted by Crippen LogP contribution is 2.38. The molecule has 1 aliphatic carbocycles. The van der Waals surface area contributed by atoms with Crippen LogP contribution in [0.1, 0.15) is 46.5 Å². The minimum Gasteiger partial charge on any atom is -0.330 e. The van der Waals surface area contributed by atoms with Crippen molar-refractivity contribution in [1.29, 1.82) is 0 Å². The van der Waals surface area contributed by atoms with Crippen LogP contribution in [-0.2, 0) is 17.8 Å². The summed E-state index contributed by atoms with van der Waals surface area (Å²) < 4.78 is 16.2. The van der Waals surface area contributed by atoms with Crippen molar-refractivity contribution < 1.29 is 14.0 Å². The van der Waals surface area contributed by atoms with Crippen LogP contribution in [0.5, 0.6) is 0 Å². The zero-order valence-corrected chi connectivity index (χ0v) is 22.8. The molecule has 38 heavy (non-hydrogen) atoms. The Morgan fingerprint density at radius 2 is 1.76 bits per heavy atom. The highest BCUT2D eigenvalue weighted by molar-refractivity contribution is 7.21. The lowest BCUT2D eigenvalue weighted by Gasteiger charge is -2.37. The molecule has 1 aliphatic rings. The smallest absolute Gasteiger partial charge is 0.266 e. The minimum atomic E-state index is -0.338. The van der Waals surface area contributed by atoms with Crippen molar-refractivity contribution in [3.63, 3.8) is 0 Å². The number of benzene rings is 3. The Bertz CT molecular complexity index is 1440. The van der Waals surface area contributed by atoms with E-state index in [-0.39, 0.29) is 24.3 Å². The van der Waals surface area contributed by atoms with Gasteiger partial charge in [-0.15, -0.1) is 11.3 Å². The number of halogens is 2. The van der Waals surface area contributed by atoms with E-state index in [1.807, 2.05) is 66.5 Å². The molecule has 0 atom stereocenters. The second kappa shape index (κ2) is 11.8. The number of carbonyl (C=O) groups excluding carboxylic acids is 2. The van der Waals surface area contributed by atoms with Gasteiger partial charge in [-0.1, -0.05) is 60.1 Å². The molecule has 0 unspecified atom stereocenters. The number of carbonyl (C=O) groups is 2. The van der Waals surface area contributed by atoms with Crippen LogP contribution in [0.4, 0.5) is 4.39 Å². The number of nitrogens with zero attached hydrogens (tertiary/aromatic N) is 1. The van der Waals surface area contributed by atoms with Crippen LogP contribution < -0.4 is 5.32 Å². The monoisotopic (exact) mass is 548 g/mol. The molecule has 1 saturated carbocycles. The van der Waals surface area contributed by atoms with Crippen molar-refractivity contribution in [1.82, 2.24) is 10.2 Å². The number of amides is 1. The van der Waals surface area contributed by atoms with Gasteiger partial charge in [0.1, 0.15) is 17.0 Å². The SMILES string of the molecule is CNC1CCC(N(Cc2cc(-c3ccc(CC=O)cc3)ccc2F)C(=O)c2sc3ccccc3c2Cl)CC1. The van der Waals surface area contributed by atoms with E-state index < -0.39 is 0 Å². The predicted octanol–water partition coefficient (Wildman–Crippen LogP) is 7.28. The normalized spacial score (nSPS) is 17.4. The van der Waals surface area contributed by atoms with Crippen LogP contribution >= 0.6 is 22.9 Å². The molecule has 1 aromatic heterocycles. The Kier molecular flexibility index (Phi) is 8.22. The quantitative estimate of drug-likeness (QED) is 0.235. The zero-order chi connectivity index (χ0) is 26.6. The Labute approximate surface area is 231 Å². The van der Waals surface area contributed by atoms with E-state index in [1.54, 1.807) is 6.07 Å². The van der Waals surface area contributed by atoms with Gasteiger partial charge in [-0.3, -0.25) is 4.79 Å². The van der Waals surface area contributed by atoms with Gasteiger partial charge < -0.3 is 15.0 Å². The molecule has 4 nitrogen and oxygen atoms in total. The molecular formula is C31H30ClFN2O2S. The van der Waals surface area contributed by atoms with Gasteiger partial charge >= 0.3 is 0 Å². The summed E-state index contributed by atoms with van der Waals surface area (Å²) in [7, 11) is 1.97. The van der Waals surface area contributed by atoms with Crippen LogP contribution in [0.25, 0.3) is 21.2 Å². The highest BCUT2D eigenvalue weighted by Gasteiger charge is 2.32. The van der Waals surface area contributed by atoms with E-state index in [0.717, 1.165) is 58.7 Å². The second-order valence-electron chi connectivity index (χ2n) is 9.84. The first-order chi connectivity index (χ1) is 18.5. The molecule has 0 aliphatic heterocycles. The number of hydrogen-bond donors (Lipinski definition) is 1. The Morgan fingerprint density at radius 3 is 2.45 bits per heavy atom. The molecule has 0 bridgehead atoms. The fourth-order valence-corrected chi connectivity index (χ4v) is 6.78. The summed E-state index contributed by atoms with van der Waals surface area (Å²) in [6, 6.07) is 20.9. The summed E-state index contributed by atoms with van der Waals surface area (Å²) in [6.45, 7) is 0.168. The standard InChI is InChI=1S/C31H30ClFN2O2S/c1-34-24-11-13-25(14-12-24)35(31(37)30-29(32)26-4-2-3-5-28(26)38-30)19-23-18-22(10-15-27(23)33)21-8-6-20(7-9-21)16-17-36/h2-10,15,17-18,24-25,34H,11-14,16,19H2,1H3. The fraction of sp³-hybridized carbons (Fsp3) is 0.290. The first-order valence-corrected chi connectivity index (χ1v) is 14.1. The van der Waals surface area contributed by atoms with Crippen molar-refractivity contribution in [3.8, 4) is 11.1 Å². The van der Waals surface area contributed by atoms with Crippen molar-refractivity contribution in [2.24, 2.45) is 0 Å². The summed E-state index contributed by atoms with van der Waals surface area (Å²) in [6.07, 6.45) is 4.85. The van der Waals surface area contributed by atoms with Crippen molar-refractivity contribution >= 4 is 45.2 Å². The van der Waals surface area contributed by atoms with Gasteiger partial charge in [0.05, 0.1) is 5.02 Å². The molecular weight excluding hydrogens is 519 g/mol. The van der Waals surface area contributed by atoms with Crippen LogP contribution in [-0.4, -0.2) is 36.2 Å². The summed E-state index contributed by atoms with van der Waals surface area (Å²) in [5.74, 6) is -0.484. The van der Waals surface area contributed by atoms with Gasteiger partial charge in [-0.05, 0) is 67.6 Å². The first kappa shape index (κ1) is 26.5. The maximum Gasteiger partial charge on any atom is 0.266 e. The van der Waals surface area contributed by atoms with Crippen molar-refractivity contribution in [3.05, 3.63) is 93.6 Å². The summed E-state index contributed by atoms with van der Waals surface area (Å²) in [5.41, 5.74) is 3.20. The maximum absolute atomic E-state index is 15.2. The third-order valence-corrected chi connectivity index (χ3v) is 9.19. The summed E-state index contributed by atoms with van der Waals surface area (Å²) >= 11 is 8.11. The third kappa shape index (κ3) is 5.53. The Balaban J connectivity index is 1.48. The van der Waals surface area contributed by atoms with Crippen LogP contribution in [0.15, 0.2) is 66.7 Å². The molecule has 1 amide bonds. The fourth-order valence-electron chi connectivity index (χ4n) is 5.31. The number of nitrogens with one attached hydrogen (secondary N) is 1. The number of aldehydes is 1. The number of hydrogen-bond acceptors (Lipinski definition) is 4. The Hall–Kier alpha value is -3.06. The molecule has 1 N–H and O–H groups in total. The lowest BCUT2D eigenvalue weighted by molar-refractivity contribution is -0.107. The van der Waals surface area contributed by atoms with Gasteiger partial charge in [0, 0.05) is 40.7 Å². The zero-order valence-electron chi connectivity index (χ0n) is 21.3. The number of rotatable bonds is 8. The lowest BCUT2D eigenvalue weighted by Crippen LogP contribution is -2.44. The van der Waals surface area contributed by atoms with Gasteiger partial charge in [0.15, 0.2) is 0 Å². The number of fused-ring (bicyclic) bond motifs is 1. The van der Waals surface area contributed by atoms with E-state index in [4.69, 9.17) is 11.6 Å². The molecule has 1 fully saturated rings. The Morgan fingerprint density at radius 1 is 1.05 bits per heavy atom. The largest absolute Gasteiger partial charge is 0.330 e. The molecule has 0 spiro atoms. The van der Waals surface area contributed by atoms with Crippen LogP contribution in [0.3, 0.4) is 0 Å². The predicted molar refractivity (Wildman–Crippen MR) is 153 cm³/mol. The minimum absolute atomic E-state index is 0.000871. The van der Waals surface area contributed by atoms with Gasteiger partial charge in [-0.2, -0.15) is 0 Å². The lowest BCUT2D eigenvalue weighted by atomic mass is 9.89. The van der Waals surface area contributed by atoms with E-state index in [0.29, 0.717) is 27.9 Å². The van der Waals surface area contributed by atoms with Gasteiger partial charge in [0.2, 0.25) is 0 Å². The number of thiophene rings is 1. The average molecular weight is 549 g/mol. The van der Waals surface area contributed by atoms with E-state index in [2.05, 4.69) is 5.32 Å². The van der Waals surface area contributed by atoms with E-state index >= 15 is 4.39 Å². The summed E-state index contributed by atoms with van der Waals surface area (Å²) in [5, 5.41) is 4.68. The average Bonchev–Trinajstić information content (AvgIpc) is 3.29. The van der Waals surface area contributed by atoms with Crippen LogP contribution in [0.2, 0.25) is 5.02 Å². The molecule has 3 aromatic carbocycles. The molecule has 4 aromatic rings. The van der Waals surface area contributed by atoms with E-state index in [1.165, 1.54) is 17.4 Å². The highest BCUT2D eigenvalue weighted by atomic mass is 35.5. The third-order valence-electron chi connectivity index (χ3n) is 7.53. The molecule has 7 heteroatoms. The summed E-state index contributed by atoms with van der Waals surface area (Å²) in [4.78, 5) is 27.2. The molecule has 196 valence electrons. The first-order valence-electron chi connectivity index (χ1n) is 12.9.